The van der Waals surface area contributed by atoms with Crippen molar-refractivity contribution in [3.05, 3.63) is 221 Å². The Kier molecular flexibility index (Phi) is 7.91. The maximum atomic E-state index is 2.55. The van der Waals surface area contributed by atoms with E-state index in [1.54, 1.807) is 0 Å². The first-order valence-corrected chi connectivity index (χ1v) is 19.4. The molecule has 10 rings (SSSR count). The minimum atomic E-state index is -0.323. The highest BCUT2D eigenvalue weighted by Crippen LogP contribution is 2.64. The summed E-state index contributed by atoms with van der Waals surface area (Å²) in [5.41, 5.74) is 19.2. The molecule has 7 aromatic rings. The number of allylic oxidation sites excluding steroid dienone is 4. The van der Waals surface area contributed by atoms with Gasteiger partial charge >= 0.3 is 0 Å². The van der Waals surface area contributed by atoms with E-state index in [4.69, 9.17) is 0 Å². The van der Waals surface area contributed by atoms with E-state index in [9.17, 15) is 0 Å². The number of para-hydroxylation sites is 3. The molecule has 0 saturated heterocycles. The Morgan fingerprint density at radius 1 is 0.463 bits per heavy atom. The zero-order valence-corrected chi connectivity index (χ0v) is 30.6. The van der Waals surface area contributed by atoms with E-state index in [0.717, 1.165) is 47.0 Å². The van der Waals surface area contributed by atoms with Crippen LogP contribution in [0.15, 0.2) is 194 Å². The predicted octanol–water partition coefficient (Wildman–Crippen LogP) is 14.0. The van der Waals surface area contributed by atoms with Gasteiger partial charge in [0.15, 0.2) is 0 Å². The molecular weight excluding hydrogens is 653 g/mol. The fraction of sp³-hybridized carbons (Fsp3) is 0.115. The largest absolute Gasteiger partial charge is 0.311 e. The van der Waals surface area contributed by atoms with Gasteiger partial charge in [0, 0.05) is 34.1 Å². The topological polar surface area (TPSA) is 6.48 Å². The van der Waals surface area contributed by atoms with Crippen LogP contribution in [-0.4, -0.2) is 0 Å². The van der Waals surface area contributed by atoms with E-state index in [-0.39, 0.29) is 5.41 Å². The second-order valence-corrected chi connectivity index (χ2v) is 14.7. The van der Waals surface area contributed by atoms with Gasteiger partial charge in [-0.25, -0.2) is 0 Å². The number of fused-ring (bicyclic) bond motifs is 9. The van der Waals surface area contributed by atoms with Crippen LogP contribution in [0.5, 0.6) is 0 Å². The summed E-state index contributed by atoms with van der Waals surface area (Å²) in [6, 6.07) is 64.8. The van der Waals surface area contributed by atoms with Gasteiger partial charge in [0.1, 0.15) is 0 Å². The highest BCUT2D eigenvalue weighted by atomic mass is 15.2. The minimum Gasteiger partial charge on any atom is -0.311 e. The highest BCUT2D eigenvalue weighted by Gasteiger charge is 2.53. The summed E-state index contributed by atoms with van der Waals surface area (Å²) in [6.45, 7) is 2.29. The molecule has 2 heteroatoms. The zero-order chi connectivity index (χ0) is 36.1. The SMILES string of the molecule is CCCCc1ccc2c(c1)C1(C3=C2C=CC3)c2ccccc2-c2ccc(N(c3ccccc3)c3ccc(N(c4ccccc4)c4ccccc4)cc3)cc21. The molecule has 0 fully saturated rings. The minimum absolute atomic E-state index is 0.323. The number of nitrogens with zero attached hydrogens (tertiary/aromatic N) is 2. The normalized spacial score (nSPS) is 15.9. The molecule has 2 nitrogen and oxygen atoms in total. The van der Waals surface area contributed by atoms with Crippen LogP contribution in [0.4, 0.5) is 34.1 Å². The highest BCUT2D eigenvalue weighted by molar-refractivity contribution is 5.99. The lowest BCUT2D eigenvalue weighted by atomic mass is 9.68. The molecule has 0 amide bonds. The van der Waals surface area contributed by atoms with Crippen LogP contribution < -0.4 is 9.80 Å². The van der Waals surface area contributed by atoms with E-state index in [1.165, 1.54) is 62.9 Å². The van der Waals surface area contributed by atoms with Gasteiger partial charge < -0.3 is 9.80 Å². The summed E-state index contributed by atoms with van der Waals surface area (Å²) in [5, 5.41) is 0. The van der Waals surface area contributed by atoms with Crippen LogP contribution in [0.1, 0.15) is 54.0 Å². The van der Waals surface area contributed by atoms with Gasteiger partial charge in [-0.15, -0.1) is 0 Å². The molecule has 0 aliphatic heterocycles. The first-order chi connectivity index (χ1) is 26.8. The fourth-order valence-electron chi connectivity index (χ4n) is 9.35. The second-order valence-electron chi connectivity index (χ2n) is 14.7. The van der Waals surface area contributed by atoms with Crippen molar-refractivity contribution in [2.24, 2.45) is 0 Å². The van der Waals surface area contributed by atoms with E-state index in [0.29, 0.717) is 0 Å². The Morgan fingerprint density at radius 2 is 0.963 bits per heavy atom. The Hall–Kier alpha value is -6.38. The van der Waals surface area contributed by atoms with Gasteiger partial charge in [-0.05, 0) is 142 Å². The molecule has 0 aromatic heterocycles. The molecule has 54 heavy (non-hydrogen) atoms. The first kappa shape index (κ1) is 32.3. The van der Waals surface area contributed by atoms with E-state index >= 15 is 0 Å². The Labute approximate surface area is 319 Å². The molecule has 7 aromatic carbocycles. The molecule has 0 bridgehead atoms. The van der Waals surface area contributed by atoms with Crippen molar-refractivity contribution in [1.82, 2.24) is 0 Å². The maximum Gasteiger partial charge on any atom is 0.0692 e. The molecule has 3 aliphatic carbocycles. The van der Waals surface area contributed by atoms with Crippen molar-refractivity contribution in [3.8, 4) is 11.1 Å². The van der Waals surface area contributed by atoms with E-state index < -0.39 is 0 Å². The molecule has 260 valence electrons. The molecule has 1 atom stereocenters. The molecule has 0 radical (unpaired) electrons. The number of benzene rings is 7. The predicted molar refractivity (Wildman–Crippen MR) is 227 cm³/mol. The second kappa shape index (κ2) is 13.2. The van der Waals surface area contributed by atoms with Gasteiger partial charge in [0.25, 0.3) is 0 Å². The lowest BCUT2D eigenvalue weighted by molar-refractivity contribution is 0.742. The van der Waals surface area contributed by atoms with Crippen LogP contribution in [-0.2, 0) is 11.8 Å². The molecule has 1 spiro atoms. The smallest absolute Gasteiger partial charge is 0.0692 e. The summed E-state index contributed by atoms with van der Waals surface area (Å²) in [7, 11) is 0. The third kappa shape index (κ3) is 5.01. The zero-order valence-electron chi connectivity index (χ0n) is 30.6. The van der Waals surface area contributed by atoms with Crippen LogP contribution in [0.2, 0.25) is 0 Å². The standard InChI is InChI=1S/C52H42N2/c1-2-3-16-37-27-33-46-45-24-15-26-49(45)52(50(46)35-37)48-25-14-13-23-44(48)47-34-32-43(36-51(47)52)54(40-21-11-6-12-22-40)42-30-28-41(29-31-42)53(38-17-7-4-8-18-38)39-19-9-5-10-20-39/h4-15,17-25,27-36H,2-3,16,26H2,1H3. The number of anilines is 6. The molecule has 1 unspecified atom stereocenters. The lowest BCUT2D eigenvalue weighted by Crippen LogP contribution is -2.27. The van der Waals surface area contributed by atoms with Gasteiger partial charge in [-0.1, -0.05) is 129 Å². The summed E-state index contributed by atoms with van der Waals surface area (Å²) in [5.74, 6) is 0. The van der Waals surface area contributed by atoms with Crippen molar-refractivity contribution in [3.63, 3.8) is 0 Å². The summed E-state index contributed by atoms with van der Waals surface area (Å²) in [4.78, 5) is 4.74. The van der Waals surface area contributed by atoms with Crippen molar-refractivity contribution in [2.45, 2.75) is 38.0 Å². The van der Waals surface area contributed by atoms with Crippen molar-refractivity contribution < 1.29 is 0 Å². The third-order valence-corrected chi connectivity index (χ3v) is 11.7. The fourth-order valence-corrected chi connectivity index (χ4v) is 9.35. The summed E-state index contributed by atoms with van der Waals surface area (Å²) >= 11 is 0. The number of rotatable bonds is 9. The molecular formula is C52H42N2. The number of aryl methyl sites for hydroxylation is 1. The van der Waals surface area contributed by atoms with Crippen LogP contribution >= 0.6 is 0 Å². The van der Waals surface area contributed by atoms with Crippen LogP contribution in [0, 0.1) is 0 Å². The van der Waals surface area contributed by atoms with E-state index in [1.807, 2.05) is 0 Å². The number of hydrogen-bond donors (Lipinski definition) is 0. The molecule has 0 N–H and O–H groups in total. The molecule has 0 heterocycles. The number of unbranched alkanes of at least 4 members (excludes halogenated alkanes) is 1. The van der Waals surface area contributed by atoms with Crippen molar-refractivity contribution in [2.75, 3.05) is 9.80 Å². The van der Waals surface area contributed by atoms with Crippen molar-refractivity contribution >= 4 is 39.7 Å². The summed E-state index contributed by atoms with van der Waals surface area (Å²) in [6.07, 6.45) is 9.23. The Balaban J connectivity index is 1.14. The average Bonchev–Trinajstić information content (AvgIpc) is 3.91. The Morgan fingerprint density at radius 3 is 1.59 bits per heavy atom. The van der Waals surface area contributed by atoms with Gasteiger partial charge in [-0.3, -0.25) is 0 Å². The number of hydrogen-bond acceptors (Lipinski definition) is 2. The van der Waals surface area contributed by atoms with E-state index in [2.05, 4.69) is 205 Å². The van der Waals surface area contributed by atoms with Crippen LogP contribution in [0.3, 0.4) is 0 Å². The third-order valence-electron chi connectivity index (χ3n) is 11.7. The first-order valence-electron chi connectivity index (χ1n) is 19.4. The Bertz CT molecular complexity index is 2510. The quantitative estimate of drug-likeness (QED) is 0.148. The average molecular weight is 695 g/mol. The van der Waals surface area contributed by atoms with Crippen molar-refractivity contribution in [1.29, 1.82) is 0 Å². The molecule has 3 aliphatic rings. The van der Waals surface area contributed by atoms with Gasteiger partial charge in [0.05, 0.1) is 5.41 Å². The van der Waals surface area contributed by atoms with Crippen LogP contribution in [0.25, 0.3) is 16.7 Å². The summed E-state index contributed by atoms with van der Waals surface area (Å²) < 4.78 is 0. The van der Waals surface area contributed by atoms with Gasteiger partial charge in [-0.2, -0.15) is 0 Å². The maximum absolute atomic E-state index is 2.55. The monoisotopic (exact) mass is 694 g/mol. The molecule has 0 saturated carbocycles. The van der Waals surface area contributed by atoms with Gasteiger partial charge in [0.2, 0.25) is 0 Å². The lowest BCUT2D eigenvalue weighted by Gasteiger charge is -2.34.